The van der Waals surface area contributed by atoms with Gasteiger partial charge in [-0.1, -0.05) is 13.8 Å². The van der Waals surface area contributed by atoms with Crippen LogP contribution in [0, 0.1) is 13.8 Å². The molecule has 0 radical (unpaired) electrons. The molecule has 8 heteroatoms. The Morgan fingerprint density at radius 2 is 1.84 bits per heavy atom. The molecule has 2 aliphatic heterocycles. The summed E-state index contributed by atoms with van der Waals surface area (Å²) in [7, 11) is 0. The second-order valence-electron chi connectivity index (χ2n) is 9.99. The van der Waals surface area contributed by atoms with Gasteiger partial charge in [-0.15, -0.1) is 0 Å². The maximum absolute atomic E-state index is 13.0. The van der Waals surface area contributed by atoms with Gasteiger partial charge in [0, 0.05) is 6.54 Å². The van der Waals surface area contributed by atoms with Crippen molar-refractivity contribution in [1.82, 2.24) is 9.13 Å². The van der Waals surface area contributed by atoms with Crippen molar-refractivity contribution in [1.29, 1.82) is 0 Å². The third-order valence-electron chi connectivity index (χ3n) is 6.85. The van der Waals surface area contributed by atoms with Crippen LogP contribution in [-0.2, 0) is 28.0 Å². The van der Waals surface area contributed by atoms with Crippen LogP contribution in [0.3, 0.4) is 0 Å². The van der Waals surface area contributed by atoms with E-state index < -0.39 is 35.2 Å². The molecule has 1 aromatic heterocycles. The third kappa shape index (κ3) is 3.55. The molecule has 8 nitrogen and oxygen atoms in total. The zero-order chi connectivity index (χ0) is 22.9. The van der Waals surface area contributed by atoms with E-state index in [2.05, 4.69) is 13.8 Å². The van der Waals surface area contributed by atoms with E-state index in [1.165, 1.54) is 4.57 Å². The first kappa shape index (κ1) is 22.2. The Bertz CT molecular complexity index is 1160. The standard InChI is InChI=1S/C23H32N2O6/c1-12-9-14-18-17(13(12)2)22(3,4)7-8-24(18)20(28)21(29)25(14)10-15(26)19(27)16-11-30-23(5,6)31-16/h9,15-16,19,26-27H,7-8,10-11H2,1-6H3. The second-order valence-corrected chi connectivity index (χ2v) is 9.99. The van der Waals surface area contributed by atoms with E-state index in [1.54, 1.807) is 18.4 Å². The zero-order valence-corrected chi connectivity index (χ0v) is 19.1. The second kappa shape index (κ2) is 7.27. The van der Waals surface area contributed by atoms with Gasteiger partial charge in [-0.25, -0.2) is 0 Å². The van der Waals surface area contributed by atoms with E-state index >= 15 is 0 Å². The molecule has 170 valence electrons. The van der Waals surface area contributed by atoms with E-state index in [0.717, 1.165) is 28.6 Å². The number of rotatable bonds is 4. The van der Waals surface area contributed by atoms with E-state index in [0.29, 0.717) is 12.1 Å². The van der Waals surface area contributed by atoms with Crippen LogP contribution in [0.5, 0.6) is 0 Å². The Morgan fingerprint density at radius 3 is 2.45 bits per heavy atom. The minimum Gasteiger partial charge on any atom is -0.388 e. The lowest BCUT2D eigenvalue weighted by Crippen LogP contribution is -2.48. The van der Waals surface area contributed by atoms with E-state index in [4.69, 9.17) is 9.47 Å². The molecule has 0 saturated carbocycles. The number of aliphatic hydroxyl groups excluding tert-OH is 2. The average molecular weight is 433 g/mol. The average Bonchev–Trinajstić information content (AvgIpc) is 3.05. The van der Waals surface area contributed by atoms with Gasteiger partial charge in [-0.05, 0) is 62.3 Å². The lowest BCUT2D eigenvalue weighted by atomic mass is 9.75. The van der Waals surface area contributed by atoms with Gasteiger partial charge in [0.05, 0.1) is 24.2 Å². The predicted octanol–water partition coefficient (Wildman–Crippen LogP) is 1.33. The molecule has 1 fully saturated rings. The number of aryl methyl sites for hydroxylation is 2. The fourth-order valence-electron chi connectivity index (χ4n) is 4.97. The molecule has 0 spiro atoms. The first-order valence-electron chi connectivity index (χ1n) is 10.8. The number of nitrogens with zero attached hydrogens (tertiary/aromatic N) is 2. The fraction of sp³-hybridized carbons (Fsp3) is 0.652. The van der Waals surface area contributed by atoms with Crippen LogP contribution in [0.2, 0.25) is 0 Å². The lowest BCUT2D eigenvalue weighted by molar-refractivity contribution is -0.161. The van der Waals surface area contributed by atoms with Crippen molar-refractivity contribution in [3.8, 4) is 0 Å². The summed E-state index contributed by atoms with van der Waals surface area (Å²) in [6, 6.07) is 1.89. The summed E-state index contributed by atoms with van der Waals surface area (Å²) in [5.74, 6) is -0.846. The number of hydrogen-bond acceptors (Lipinski definition) is 6. The topological polar surface area (TPSA) is 103 Å². The van der Waals surface area contributed by atoms with Gasteiger partial charge < -0.3 is 24.3 Å². The smallest absolute Gasteiger partial charge is 0.317 e. The van der Waals surface area contributed by atoms with Crippen LogP contribution in [0.1, 0.15) is 50.8 Å². The summed E-state index contributed by atoms with van der Waals surface area (Å²) in [6.45, 7) is 12.2. The van der Waals surface area contributed by atoms with Gasteiger partial charge in [-0.2, -0.15) is 0 Å². The van der Waals surface area contributed by atoms with Crippen molar-refractivity contribution >= 4 is 11.0 Å². The zero-order valence-electron chi connectivity index (χ0n) is 19.1. The van der Waals surface area contributed by atoms with Crippen molar-refractivity contribution < 1.29 is 19.7 Å². The van der Waals surface area contributed by atoms with Crippen molar-refractivity contribution in [2.45, 2.75) is 90.6 Å². The fourth-order valence-corrected chi connectivity index (χ4v) is 4.97. The summed E-state index contributed by atoms with van der Waals surface area (Å²) < 4.78 is 14.0. The molecule has 4 rings (SSSR count). The van der Waals surface area contributed by atoms with E-state index in [1.807, 2.05) is 19.9 Å². The molecule has 2 aromatic rings. The van der Waals surface area contributed by atoms with E-state index in [-0.39, 0.29) is 18.6 Å². The van der Waals surface area contributed by atoms with Crippen LogP contribution in [0.25, 0.3) is 11.0 Å². The number of hydrogen-bond donors (Lipinski definition) is 2. The predicted molar refractivity (Wildman–Crippen MR) is 117 cm³/mol. The molecule has 3 heterocycles. The molecule has 0 bridgehead atoms. The molecule has 31 heavy (non-hydrogen) atoms. The minimum absolute atomic E-state index is 0.138. The van der Waals surface area contributed by atoms with E-state index in [9.17, 15) is 19.8 Å². The summed E-state index contributed by atoms with van der Waals surface area (Å²) in [4.78, 5) is 26.0. The summed E-state index contributed by atoms with van der Waals surface area (Å²) in [5.41, 5.74) is 3.08. The number of aliphatic hydroxyl groups is 2. The molecule has 1 saturated heterocycles. The molecule has 3 unspecified atom stereocenters. The van der Waals surface area contributed by atoms with Crippen LogP contribution in [0.4, 0.5) is 0 Å². The molecular weight excluding hydrogens is 400 g/mol. The molecule has 0 amide bonds. The van der Waals surface area contributed by atoms with Crippen molar-refractivity contribution in [3.05, 3.63) is 43.5 Å². The Balaban J connectivity index is 1.84. The molecule has 0 aliphatic carbocycles. The van der Waals surface area contributed by atoms with Gasteiger partial charge >= 0.3 is 11.1 Å². The van der Waals surface area contributed by atoms with Crippen LogP contribution >= 0.6 is 0 Å². The molecule has 2 N–H and O–H groups in total. The monoisotopic (exact) mass is 432 g/mol. The van der Waals surface area contributed by atoms with Crippen molar-refractivity contribution in [2.75, 3.05) is 6.61 Å². The highest BCUT2D eigenvalue weighted by atomic mass is 16.7. The molecular formula is C23H32N2O6. The highest BCUT2D eigenvalue weighted by molar-refractivity contribution is 5.83. The maximum Gasteiger partial charge on any atom is 0.317 e. The highest BCUT2D eigenvalue weighted by Crippen LogP contribution is 2.40. The highest BCUT2D eigenvalue weighted by Gasteiger charge is 2.40. The third-order valence-corrected chi connectivity index (χ3v) is 6.85. The summed E-state index contributed by atoms with van der Waals surface area (Å²) in [6.07, 6.45) is -2.52. The Hall–Kier alpha value is -2.00. The first-order chi connectivity index (χ1) is 14.3. The number of benzene rings is 1. The SMILES string of the molecule is Cc1cc2c3c(c1C)C(C)(C)CCn3c(=O)c(=O)n2CC(O)C(O)C1COC(C)(C)O1. The van der Waals surface area contributed by atoms with Gasteiger partial charge in [0.25, 0.3) is 0 Å². The molecule has 1 aromatic carbocycles. The largest absolute Gasteiger partial charge is 0.388 e. The Kier molecular flexibility index (Phi) is 5.20. The maximum atomic E-state index is 13.0. The summed E-state index contributed by atoms with van der Waals surface area (Å²) in [5, 5.41) is 21.4. The first-order valence-corrected chi connectivity index (χ1v) is 10.8. The lowest BCUT2D eigenvalue weighted by Gasteiger charge is -2.36. The number of ether oxygens (including phenoxy) is 2. The Labute approximate surface area is 181 Å². The van der Waals surface area contributed by atoms with Crippen LogP contribution in [0.15, 0.2) is 15.7 Å². The normalized spacial score (nSPS) is 23.8. The van der Waals surface area contributed by atoms with Gasteiger partial charge in [0.1, 0.15) is 18.3 Å². The van der Waals surface area contributed by atoms with Crippen molar-refractivity contribution in [2.24, 2.45) is 0 Å². The van der Waals surface area contributed by atoms with Gasteiger partial charge in [0.15, 0.2) is 5.79 Å². The quantitative estimate of drug-likeness (QED) is 0.707. The van der Waals surface area contributed by atoms with Crippen LogP contribution in [-0.4, -0.2) is 50.1 Å². The summed E-state index contributed by atoms with van der Waals surface area (Å²) >= 11 is 0. The molecule has 3 atom stereocenters. The number of aromatic nitrogens is 2. The Morgan fingerprint density at radius 1 is 1.16 bits per heavy atom. The van der Waals surface area contributed by atoms with Crippen LogP contribution < -0.4 is 11.1 Å². The van der Waals surface area contributed by atoms with Gasteiger partial charge in [-0.3, -0.25) is 14.2 Å². The van der Waals surface area contributed by atoms with Gasteiger partial charge in [0.2, 0.25) is 0 Å². The molecule has 2 aliphatic rings. The minimum atomic E-state index is -1.31. The van der Waals surface area contributed by atoms with Crippen molar-refractivity contribution in [3.63, 3.8) is 0 Å².